The lowest BCUT2D eigenvalue weighted by atomic mass is 8.21. The first-order valence-corrected chi connectivity index (χ1v) is 48.1. The summed E-state index contributed by atoms with van der Waals surface area (Å²) >= 11 is 0. The second-order valence-corrected chi connectivity index (χ2v) is 40.9. The van der Waals surface area contributed by atoms with Crippen molar-refractivity contribution in [2.45, 2.75) is 0 Å². The molecular formula is C62H44B72N2Si. The maximum Gasteiger partial charge on any atom is 0.179 e. The predicted molar refractivity (Wildman–Crippen MR) is 694 cm³/mol. The second-order valence-electron chi connectivity index (χ2n) is 37.1. The van der Waals surface area contributed by atoms with Crippen LogP contribution in [-0.2, 0) is 0 Å². The Kier molecular flexibility index (Phi) is 42.5. The van der Waals surface area contributed by atoms with Crippen LogP contribution in [0.15, 0.2) is 267 Å². The molecule has 0 aliphatic rings. The molecule has 12 aromatic rings. The standard InChI is InChI=1S/C62H44N2Si.B72/c1-5-21-48(22-6-1)64-60-33-16-15-31-59(60)62-58(32-18-34-61(62)64)46-20-17-23-50(43-46)63(51-39-42-57-47(44-51)36-35-45-19-13-14-30-56(45)57)49-37-40-55(41-38-49)65(52-24-7-2-8-25-52,53-26-9-3-10-27-53)54-28-11-4-12-29-54;1-38(2)56(37)65(55(35)36)70(66(57(39(3)4)40(5)6)58(41(7)8)42(9)10)72(69(63(51(27)28)52(29)30)64(53(31)32)54(33)34)71(67(59(43(11)12)44(13)14)60(45(15)16)46(17)18)68(61(47(19)20)48(21)22)62(49(23)24)50(25)26/h1-44H;. The monoisotopic (exact) mass is 1640 g/mol. The van der Waals surface area contributed by atoms with E-state index in [0.717, 1.165) is 22.7 Å². The summed E-state index contributed by atoms with van der Waals surface area (Å²) in [7, 11) is 247. The van der Waals surface area contributed by atoms with Gasteiger partial charge in [0.25, 0.3) is 0 Å². The van der Waals surface area contributed by atoms with Crippen molar-refractivity contribution in [3.05, 3.63) is 267 Å². The molecule has 0 aliphatic heterocycles. The van der Waals surface area contributed by atoms with E-state index in [1.54, 1.807) is 0 Å². The van der Waals surface area contributed by atoms with Crippen molar-refractivity contribution in [1.82, 2.24) is 4.57 Å². The van der Waals surface area contributed by atoms with Gasteiger partial charge in [0, 0.05) is 543 Å². The largest absolute Gasteiger partial charge is 0.310 e. The number of anilines is 3. The average molecular weight is 1620 g/mol. The number of hydrogen-bond acceptors (Lipinski definition) is 1. The van der Waals surface area contributed by atoms with Gasteiger partial charge in [-0.05, 0) is 114 Å². The summed E-state index contributed by atoms with van der Waals surface area (Å²) in [6, 6.07) is 98.5. The Morgan fingerprint density at radius 2 is 0.474 bits per heavy atom. The molecule has 74 radical (unpaired) electrons. The number of rotatable bonds is 43. The minimum absolute atomic E-state index is 1.09. The van der Waals surface area contributed by atoms with Crippen LogP contribution in [0.3, 0.4) is 0 Å². The lowest BCUT2D eigenvalue weighted by molar-refractivity contribution is 1.18. The van der Waals surface area contributed by atoms with Crippen LogP contribution in [0.5, 0.6) is 0 Å². The molecular weight excluding hydrogens is 1580 g/mol. The van der Waals surface area contributed by atoms with Crippen molar-refractivity contribution in [3.8, 4) is 16.8 Å². The highest BCUT2D eigenvalue weighted by Crippen LogP contribution is 2.43. The SMILES string of the molecule is [B]B([B])B([B])B(B([B])[B])B(B(B(B([B])[B])B([B])[B])B(B([B])[B])B([B])[B])B(B(B(B([B])[B])B([B])[B])B(B([B])[B])B([B])[B])B(B(B(B([B])[B])B([B])[B])B(B([B])[B])B([B])[B])B(B(B([B])[B])B([B])[B])B(B([B])[B])B([B])[B].c1ccc(-n2c3ccccc3c3c(-c4cccc(N(c5ccc([Si](c6ccccc6)(c6ccccc6)c6ccccc6)cc5)c5ccc6c(ccc7ccccc76)c5)c4)cccc32)cc1. The fourth-order valence-corrected chi connectivity index (χ4v) is 27.8. The average Bonchev–Trinajstić information content (AvgIpc) is 1.63. The molecule has 75 heteroatoms. The Morgan fingerprint density at radius 3 is 0.847 bits per heavy atom. The Hall–Kier alpha value is -3.57. The highest BCUT2D eigenvalue weighted by molar-refractivity contribution is 8.40. The predicted octanol–water partition coefficient (Wildman–Crippen LogP) is -13.8. The molecule has 522 valence electrons. The molecule has 137 heavy (non-hydrogen) atoms. The van der Waals surface area contributed by atoms with Crippen LogP contribution in [0, 0.1) is 0 Å². The highest BCUT2D eigenvalue weighted by Gasteiger charge is 2.65. The minimum Gasteiger partial charge on any atom is -0.310 e. The molecule has 12 rings (SSSR count). The first-order valence-electron chi connectivity index (χ1n) is 46.1. The molecule has 1 heterocycles. The summed E-state index contributed by atoms with van der Waals surface area (Å²) in [5.74, 6) is 0. The van der Waals surface area contributed by atoms with Gasteiger partial charge in [0.05, 0.1) is 11.0 Å². The maximum atomic E-state index is 7.13. The quantitative estimate of drug-likeness (QED) is 0.0210. The van der Waals surface area contributed by atoms with Crippen molar-refractivity contribution in [2.75, 3.05) is 4.90 Å². The summed E-state index contributed by atoms with van der Waals surface area (Å²) in [5.41, 5.74) is 9.22. The van der Waals surface area contributed by atoms with Gasteiger partial charge in [-0.3, -0.25) is 0 Å². The molecule has 11 aromatic carbocycles. The molecule has 0 bridgehead atoms. The fourth-order valence-electron chi connectivity index (χ4n) is 23.0. The van der Waals surface area contributed by atoms with Gasteiger partial charge in [0.2, 0.25) is 0 Å². The number of nitrogens with zero attached hydrogens (tertiary/aromatic N) is 2. The summed E-state index contributed by atoms with van der Waals surface area (Å²) in [4.78, 5) is 2.44. The Bertz CT molecular complexity index is 5480. The van der Waals surface area contributed by atoms with E-state index in [-0.39, 0.29) is 0 Å². The van der Waals surface area contributed by atoms with Gasteiger partial charge in [-0.2, -0.15) is 0 Å². The van der Waals surface area contributed by atoms with Crippen LogP contribution in [-0.4, -0.2) is 522 Å². The number of fused-ring (bicyclic) bond motifs is 6. The molecule has 0 saturated heterocycles. The summed E-state index contributed by atoms with van der Waals surface area (Å²) in [5, 5.41) is 12.9. The van der Waals surface area contributed by atoms with Crippen LogP contribution in [0.4, 0.5) is 17.1 Å². The molecule has 0 fully saturated rings. The van der Waals surface area contributed by atoms with Gasteiger partial charge >= 0.3 is 0 Å². The van der Waals surface area contributed by atoms with Gasteiger partial charge in [-0.15, -0.1) is 0 Å². The van der Waals surface area contributed by atoms with Crippen molar-refractivity contribution in [1.29, 1.82) is 0 Å². The van der Waals surface area contributed by atoms with Crippen LogP contribution in [0.1, 0.15) is 0 Å². The molecule has 0 saturated carbocycles. The topological polar surface area (TPSA) is 8.17 Å². The minimum atomic E-state index is -2.72. The van der Waals surface area contributed by atoms with Crippen LogP contribution >= 0.6 is 0 Å². The van der Waals surface area contributed by atoms with Gasteiger partial charge in [-0.1, -0.05) is 206 Å². The zero-order valence-corrected chi connectivity index (χ0v) is 78.4. The summed E-state index contributed by atoms with van der Waals surface area (Å²) < 4.78 is 2.40. The summed E-state index contributed by atoms with van der Waals surface area (Å²) in [6.07, 6.45) is -55.4. The molecule has 0 unspecified atom stereocenters. The number of para-hydroxylation sites is 2. The molecule has 0 amide bonds. The van der Waals surface area contributed by atoms with Gasteiger partial charge in [-0.25, -0.2) is 0 Å². The van der Waals surface area contributed by atoms with Crippen molar-refractivity contribution >= 4 is 599 Å². The first-order chi connectivity index (χ1) is 64.9. The van der Waals surface area contributed by atoms with E-state index in [1.165, 1.54) is 75.2 Å². The van der Waals surface area contributed by atoms with E-state index in [4.69, 9.17) is 286 Å². The van der Waals surface area contributed by atoms with Gasteiger partial charge < -0.3 is 9.47 Å². The van der Waals surface area contributed by atoms with E-state index in [9.17, 15) is 0 Å². The normalized spacial score (nSPS) is 10.7. The van der Waals surface area contributed by atoms with E-state index < -0.39 is 232 Å². The maximum absolute atomic E-state index is 7.13. The Labute approximate surface area is 883 Å². The number of hydrogen-bond donors (Lipinski definition) is 0. The third-order valence-corrected chi connectivity index (χ3v) is 33.2. The Morgan fingerprint density at radius 1 is 0.190 bits per heavy atom. The fraction of sp³-hybridized carbons (Fsp3) is 0. The molecule has 0 N–H and O–H groups in total. The molecule has 0 aliphatic carbocycles. The van der Waals surface area contributed by atoms with Crippen LogP contribution < -0.4 is 25.6 Å². The zero-order valence-electron chi connectivity index (χ0n) is 77.4. The molecule has 2 nitrogen and oxygen atoms in total. The smallest absolute Gasteiger partial charge is 0.179 e. The van der Waals surface area contributed by atoms with Crippen molar-refractivity contribution in [2.24, 2.45) is 0 Å². The third-order valence-electron chi connectivity index (χ3n) is 28.4. The van der Waals surface area contributed by atoms with Crippen LogP contribution in [0.2, 0.25) is 0 Å². The second kappa shape index (κ2) is 51.2. The third kappa shape index (κ3) is 25.3. The lowest BCUT2D eigenvalue weighted by Gasteiger charge is -2.60. The number of aromatic nitrogens is 1. The van der Waals surface area contributed by atoms with Crippen molar-refractivity contribution in [3.63, 3.8) is 0 Å². The van der Waals surface area contributed by atoms with E-state index >= 15 is 0 Å². The van der Waals surface area contributed by atoms with Gasteiger partial charge in [0.1, 0.15) is 0 Å². The molecule has 1 aromatic heterocycles. The van der Waals surface area contributed by atoms with Crippen molar-refractivity contribution < 1.29 is 0 Å². The van der Waals surface area contributed by atoms with Gasteiger partial charge in [0.15, 0.2) is 8.07 Å². The summed E-state index contributed by atoms with van der Waals surface area (Å²) in [6.45, 7) is 0. The molecule has 0 spiro atoms. The molecule has 0 atom stereocenters. The Balaban J connectivity index is 0.000000263. The number of benzene rings is 11. The van der Waals surface area contributed by atoms with E-state index in [1.807, 2.05) is 0 Å². The lowest BCUT2D eigenvalue weighted by Crippen LogP contribution is -2.98. The first kappa shape index (κ1) is 114. The highest BCUT2D eigenvalue weighted by atomic mass is 28.3. The van der Waals surface area contributed by atoms with E-state index in [2.05, 4.69) is 276 Å². The van der Waals surface area contributed by atoms with Crippen LogP contribution in [0.25, 0.3) is 60.2 Å². The van der Waals surface area contributed by atoms with E-state index in [0.29, 0.717) is 0 Å². The zero-order chi connectivity index (χ0) is 100.